The van der Waals surface area contributed by atoms with Crippen molar-refractivity contribution in [1.29, 1.82) is 0 Å². The third-order valence-corrected chi connectivity index (χ3v) is 4.38. The quantitative estimate of drug-likeness (QED) is 0.464. The normalized spacial score (nSPS) is 11.0. The molecule has 3 rings (SSSR count). The summed E-state index contributed by atoms with van der Waals surface area (Å²) in [5.74, 6) is 1.03. The van der Waals surface area contributed by atoms with E-state index in [2.05, 4.69) is 45.0 Å². The first kappa shape index (κ1) is 22.0. The molecule has 0 aliphatic heterocycles. The molecule has 0 aliphatic carbocycles. The highest BCUT2D eigenvalue weighted by molar-refractivity contribution is 5.99. The second-order valence-electron chi connectivity index (χ2n) is 7.58. The van der Waals surface area contributed by atoms with Crippen LogP contribution in [0.3, 0.4) is 0 Å². The number of carbonyl (C=O) groups is 1. The van der Waals surface area contributed by atoms with Crippen molar-refractivity contribution in [2.75, 3.05) is 36.6 Å². The first-order chi connectivity index (χ1) is 14.9. The Balaban J connectivity index is 1.69. The van der Waals surface area contributed by atoms with Crippen molar-refractivity contribution in [2.45, 2.75) is 13.8 Å². The van der Waals surface area contributed by atoms with Crippen LogP contribution in [0.15, 0.2) is 66.9 Å². The molecule has 160 valence electrons. The molecule has 2 aromatic carbocycles. The Morgan fingerprint density at radius 3 is 2.45 bits per heavy atom. The van der Waals surface area contributed by atoms with Gasteiger partial charge in [0.2, 0.25) is 11.9 Å². The molecular weight excluding hydrogens is 388 g/mol. The Morgan fingerprint density at radius 2 is 1.71 bits per heavy atom. The minimum absolute atomic E-state index is 0.171. The molecule has 0 saturated carbocycles. The lowest BCUT2D eigenvalue weighted by molar-refractivity contribution is -0.111. The molecule has 0 spiro atoms. The zero-order valence-corrected chi connectivity index (χ0v) is 18.3. The third-order valence-electron chi connectivity index (χ3n) is 4.38. The third kappa shape index (κ3) is 6.94. The minimum atomic E-state index is -0.171. The van der Waals surface area contributed by atoms with Crippen molar-refractivity contribution in [3.8, 4) is 0 Å². The number of rotatable bonds is 8. The van der Waals surface area contributed by atoms with E-state index in [4.69, 9.17) is 0 Å². The minimum Gasteiger partial charge on any atom is -0.340 e. The van der Waals surface area contributed by atoms with Crippen LogP contribution >= 0.6 is 0 Å². The highest BCUT2D eigenvalue weighted by atomic mass is 16.1. The number of anilines is 5. The van der Waals surface area contributed by atoms with E-state index in [0.29, 0.717) is 18.2 Å². The second kappa shape index (κ2) is 10.4. The summed E-state index contributed by atoms with van der Waals surface area (Å²) in [5, 5.41) is 9.41. The van der Waals surface area contributed by atoms with Crippen LogP contribution in [-0.2, 0) is 4.79 Å². The Labute approximate surface area is 183 Å². The van der Waals surface area contributed by atoms with E-state index in [9.17, 15) is 4.79 Å². The highest BCUT2D eigenvalue weighted by Gasteiger charge is 2.06. The number of likely N-dealkylation sites (N-methyl/N-ethyl adjacent to an activating group) is 1. The smallest absolute Gasteiger partial charge is 0.248 e. The highest BCUT2D eigenvalue weighted by Crippen LogP contribution is 2.22. The molecule has 0 saturated heterocycles. The predicted molar refractivity (Wildman–Crippen MR) is 127 cm³/mol. The topological polar surface area (TPSA) is 82.2 Å². The zero-order chi connectivity index (χ0) is 22.2. The molecule has 1 heterocycles. The standard InChI is InChI=1S/C24H28N6O/c1-17-8-5-9-19(14-17)27-23-18(2)16-25-24(29-23)28-21-11-6-10-20(15-21)26-22(31)12-7-13-30(3)4/h5-12,14-16H,13H2,1-4H3,(H,26,31)(H2,25,27,28,29). The number of aryl methyl sites for hydroxylation is 2. The number of nitrogens with zero attached hydrogens (tertiary/aromatic N) is 3. The summed E-state index contributed by atoms with van der Waals surface area (Å²) in [5.41, 5.74) is 4.55. The Morgan fingerprint density at radius 1 is 1.00 bits per heavy atom. The largest absolute Gasteiger partial charge is 0.340 e. The Kier molecular flexibility index (Phi) is 7.35. The number of benzene rings is 2. The maximum absolute atomic E-state index is 12.1. The molecule has 7 nitrogen and oxygen atoms in total. The van der Waals surface area contributed by atoms with Crippen LogP contribution < -0.4 is 16.0 Å². The van der Waals surface area contributed by atoms with Crippen LogP contribution in [0.5, 0.6) is 0 Å². The molecule has 0 fully saturated rings. The predicted octanol–water partition coefficient (Wildman–Crippen LogP) is 4.64. The molecular formula is C24H28N6O. The summed E-state index contributed by atoms with van der Waals surface area (Å²) >= 11 is 0. The summed E-state index contributed by atoms with van der Waals surface area (Å²) in [6, 6.07) is 15.6. The van der Waals surface area contributed by atoms with Crippen molar-refractivity contribution < 1.29 is 4.79 Å². The van der Waals surface area contributed by atoms with Gasteiger partial charge in [0.05, 0.1) is 0 Å². The fourth-order valence-electron chi connectivity index (χ4n) is 2.85. The first-order valence-electron chi connectivity index (χ1n) is 10.1. The summed E-state index contributed by atoms with van der Waals surface area (Å²) in [6.07, 6.45) is 5.13. The maximum Gasteiger partial charge on any atom is 0.248 e. The number of amides is 1. The van der Waals surface area contributed by atoms with Gasteiger partial charge in [-0.05, 0) is 63.8 Å². The van der Waals surface area contributed by atoms with Gasteiger partial charge in [0, 0.05) is 41.4 Å². The SMILES string of the molecule is Cc1cccc(Nc2nc(Nc3cccc(NC(=O)C=CCN(C)C)c3)ncc2C)c1. The number of hydrogen-bond donors (Lipinski definition) is 3. The van der Waals surface area contributed by atoms with E-state index >= 15 is 0 Å². The maximum atomic E-state index is 12.1. The van der Waals surface area contributed by atoms with Gasteiger partial charge in [-0.25, -0.2) is 4.98 Å². The van der Waals surface area contributed by atoms with E-state index in [0.717, 1.165) is 22.8 Å². The van der Waals surface area contributed by atoms with E-state index < -0.39 is 0 Å². The number of hydrogen-bond acceptors (Lipinski definition) is 6. The molecule has 0 atom stereocenters. The Bertz CT molecular complexity index is 1080. The summed E-state index contributed by atoms with van der Waals surface area (Å²) in [7, 11) is 3.90. The molecule has 3 N–H and O–H groups in total. The monoisotopic (exact) mass is 416 g/mol. The van der Waals surface area contributed by atoms with Crippen molar-refractivity contribution in [3.05, 3.63) is 78.0 Å². The molecule has 1 amide bonds. The molecule has 0 bridgehead atoms. The average molecular weight is 417 g/mol. The van der Waals surface area contributed by atoms with Gasteiger partial charge in [0.1, 0.15) is 5.82 Å². The van der Waals surface area contributed by atoms with Crippen LogP contribution in [-0.4, -0.2) is 41.4 Å². The Hall–Kier alpha value is -3.71. The molecule has 0 radical (unpaired) electrons. The van der Waals surface area contributed by atoms with E-state index in [1.165, 1.54) is 11.6 Å². The van der Waals surface area contributed by atoms with Crippen molar-refractivity contribution in [2.24, 2.45) is 0 Å². The lowest BCUT2D eigenvalue weighted by Gasteiger charge is -2.12. The van der Waals surface area contributed by atoms with E-state index in [1.54, 1.807) is 6.20 Å². The summed E-state index contributed by atoms with van der Waals surface area (Å²) in [6.45, 7) is 4.72. The number of aromatic nitrogens is 2. The van der Waals surface area contributed by atoms with Gasteiger partial charge in [-0.2, -0.15) is 4.98 Å². The van der Waals surface area contributed by atoms with Gasteiger partial charge in [-0.15, -0.1) is 0 Å². The van der Waals surface area contributed by atoms with Crippen molar-refractivity contribution in [1.82, 2.24) is 14.9 Å². The molecule has 0 aliphatic rings. The lowest BCUT2D eigenvalue weighted by Crippen LogP contribution is -2.13. The summed E-state index contributed by atoms with van der Waals surface area (Å²) < 4.78 is 0. The van der Waals surface area contributed by atoms with Crippen molar-refractivity contribution in [3.63, 3.8) is 0 Å². The van der Waals surface area contributed by atoms with Gasteiger partial charge < -0.3 is 20.9 Å². The molecule has 31 heavy (non-hydrogen) atoms. The second-order valence-corrected chi connectivity index (χ2v) is 7.58. The van der Waals surface area contributed by atoms with Gasteiger partial charge in [0.25, 0.3) is 0 Å². The van der Waals surface area contributed by atoms with Crippen LogP contribution in [0, 0.1) is 13.8 Å². The fourth-order valence-corrected chi connectivity index (χ4v) is 2.85. The average Bonchev–Trinajstić information content (AvgIpc) is 2.70. The van der Waals surface area contributed by atoms with E-state index in [1.807, 2.05) is 68.4 Å². The number of nitrogens with one attached hydrogen (secondary N) is 3. The van der Waals surface area contributed by atoms with Crippen LogP contribution in [0.4, 0.5) is 28.8 Å². The molecule has 7 heteroatoms. The van der Waals surface area contributed by atoms with Gasteiger partial charge in [-0.1, -0.05) is 24.3 Å². The van der Waals surface area contributed by atoms with E-state index in [-0.39, 0.29) is 5.91 Å². The lowest BCUT2D eigenvalue weighted by atomic mass is 10.2. The van der Waals surface area contributed by atoms with Crippen LogP contribution in [0.1, 0.15) is 11.1 Å². The fraction of sp³-hybridized carbons (Fsp3) is 0.208. The summed E-state index contributed by atoms with van der Waals surface area (Å²) in [4.78, 5) is 23.0. The van der Waals surface area contributed by atoms with Crippen molar-refractivity contribution >= 4 is 34.7 Å². The zero-order valence-electron chi connectivity index (χ0n) is 18.3. The van der Waals surface area contributed by atoms with Gasteiger partial charge >= 0.3 is 0 Å². The molecule has 3 aromatic rings. The molecule has 1 aromatic heterocycles. The molecule has 0 unspecified atom stereocenters. The van der Waals surface area contributed by atoms with Gasteiger partial charge in [0.15, 0.2) is 0 Å². The first-order valence-corrected chi connectivity index (χ1v) is 10.1. The van der Waals surface area contributed by atoms with Crippen LogP contribution in [0.2, 0.25) is 0 Å². The van der Waals surface area contributed by atoms with Gasteiger partial charge in [-0.3, -0.25) is 4.79 Å². The number of carbonyl (C=O) groups excluding carboxylic acids is 1. The van der Waals surface area contributed by atoms with Crippen LogP contribution in [0.25, 0.3) is 0 Å².